The zero-order chi connectivity index (χ0) is 19.1. The molecule has 0 unspecified atom stereocenters. The monoisotopic (exact) mass is 374 g/mol. The molecule has 7 heteroatoms. The van der Waals surface area contributed by atoms with E-state index in [0.717, 1.165) is 48.5 Å². The van der Waals surface area contributed by atoms with E-state index in [1.165, 1.54) is 0 Å². The second-order valence-electron chi connectivity index (χ2n) is 7.04. The second-order valence-corrected chi connectivity index (χ2v) is 7.04. The number of hydrogen-bond acceptors (Lipinski definition) is 7. The van der Waals surface area contributed by atoms with Crippen molar-refractivity contribution >= 4 is 11.4 Å². The molecule has 3 N–H and O–H groups in total. The Balaban J connectivity index is 1.78. The van der Waals surface area contributed by atoms with Crippen LogP contribution < -0.4 is 15.8 Å². The van der Waals surface area contributed by atoms with Gasteiger partial charge in [-0.1, -0.05) is 0 Å². The number of nitrogens with two attached hydrogens (primary N) is 1. The van der Waals surface area contributed by atoms with Gasteiger partial charge < -0.3 is 25.3 Å². The normalized spacial score (nSPS) is 22.4. The maximum Gasteiger partial charge on any atom is 0.216 e. The molecule has 0 saturated carbocycles. The van der Waals surface area contributed by atoms with Crippen LogP contribution in [0.5, 0.6) is 5.88 Å². The highest BCUT2D eigenvalue weighted by atomic mass is 16.5. The lowest BCUT2D eigenvalue weighted by atomic mass is 9.99. The Morgan fingerprint density at radius 2 is 2.11 bits per heavy atom. The molecule has 27 heavy (non-hydrogen) atoms. The van der Waals surface area contributed by atoms with Crippen LogP contribution in [0.15, 0.2) is 28.7 Å². The van der Waals surface area contributed by atoms with Gasteiger partial charge in [0.15, 0.2) is 5.88 Å². The van der Waals surface area contributed by atoms with Crippen molar-refractivity contribution in [2.45, 2.75) is 32.6 Å². The first kappa shape index (κ1) is 19.6. The predicted molar refractivity (Wildman–Crippen MR) is 105 cm³/mol. The molecule has 0 aromatic carbocycles. The fourth-order valence-corrected chi connectivity index (χ4v) is 3.45. The van der Waals surface area contributed by atoms with Crippen molar-refractivity contribution in [3.8, 4) is 5.88 Å². The van der Waals surface area contributed by atoms with Gasteiger partial charge in [0, 0.05) is 24.0 Å². The second kappa shape index (κ2) is 9.71. The molecule has 2 aliphatic rings. The summed E-state index contributed by atoms with van der Waals surface area (Å²) in [6.07, 6.45) is 5.39. The lowest BCUT2D eigenvalue weighted by Crippen LogP contribution is -2.30. The first-order valence-corrected chi connectivity index (χ1v) is 9.66. The van der Waals surface area contributed by atoms with Gasteiger partial charge in [-0.3, -0.25) is 4.99 Å². The number of methoxy groups -OCH3 is 1. The van der Waals surface area contributed by atoms with Gasteiger partial charge >= 0.3 is 0 Å². The van der Waals surface area contributed by atoms with Gasteiger partial charge in [-0.05, 0) is 44.8 Å². The van der Waals surface area contributed by atoms with Crippen molar-refractivity contribution in [1.82, 2.24) is 10.3 Å². The number of rotatable bonds is 5. The van der Waals surface area contributed by atoms with Crippen molar-refractivity contribution in [2.24, 2.45) is 16.6 Å². The lowest BCUT2D eigenvalue weighted by Gasteiger charge is -2.23. The number of pyridine rings is 1. The summed E-state index contributed by atoms with van der Waals surface area (Å²) >= 11 is 0. The van der Waals surface area contributed by atoms with Crippen LogP contribution in [0.2, 0.25) is 0 Å². The zero-order valence-electron chi connectivity index (χ0n) is 16.3. The van der Waals surface area contributed by atoms with E-state index >= 15 is 0 Å². The molecule has 2 aliphatic heterocycles. The number of nitrogens with one attached hydrogen (secondary N) is 1. The summed E-state index contributed by atoms with van der Waals surface area (Å²) in [5.74, 6) is 1.65. The molecule has 0 radical (unpaired) electrons. The van der Waals surface area contributed by atoms with Gasteiger partial charge in [-0.15, -0.1) is 0 Å². The Labute approximate surface area is 161 Å². The van der Waals surface area contributed by atoms with Crippen molar-refractivity contribution in [1.29, 1.82) is 0 Å². The molecule has 0 aliphatic carbocycles. The Bertz CT molecular complexity index is 696. The fourth-order valence-electron chi connectivity index (χ4n) is 3.45. The van der Waals surface area contributed by atoms with Crippen LogP contribution in [0.25, 0.3) is 0 Å². The topological polar surface area (TPSA) is 91.0 Å². The number of aliphatic imine (C=N–C) groups is 1. The molecule has 3 heterocycles. The average molecular weight is 374 g/mol. The van der Waals surface area contributed by atoms with E-state index in [1.807, 2.05) is 13.0 Å². The number of aromatic nitrogens is 1. The molecule has 0 bridgehead atoms. The van der Waals surface area contributed by atoms with E-state index in [4.69, 9.17) is 24.9 Å². The average Bonchev–Trinajstić information content (AvgIpc) is 2.92. The van der Waals surface area contributed by atoms with Crippen LogP contribution in [0, 0.1) is 12.8 Å². The number of ether oxygens (including phenoxy) is 3. The molecule has 7 nitrogen and oxygen atoms in total. The third-order valence-corrected chi connectivity index (χ3v) is 5.03. The highest BCUT2D eigenvalue weighted by molar-refractivity contribution is 6.02. The minimum Gasteiger partial charge on any atom is -0.481 e. The maximum atomic E-state index is 6.32. The van der Waals surface area contributed by atoms with Crippen LogP contribution in [-0.4, -0.2) is 50.7 Å². The fraction of sp³-hybridized carbons (Fsp3) is 0.600. The summed E-state index contributed by atoms with van der Waals surface area (Å²) in [7, 11) is 1.62. The summed E-state index contributed by atoms with van der Waals surface area (Å²) in [6, 6.07) is 1.97. The van der Waals surface area contributed by atoms with E-state index in [0.29, 0.717) is 50.3 Å². The minimum absolute atomic E-state index is 0.482. The smallest absolute Gasteiger partial charge is 0.216 e. The quantitative estimate of drug-likeness (QED) is 0.770. The number of aryl methyl sites for hydroxylation is 1. The van der Waals surface area contributed by atoms with Gasteiger partial charge in [0.1, 0.15) is 0 Å². The maximum absolute atomic E-state index is 6.32. The van der Waals surface area contributed by atoms with Crippen molar-refractivity contribution in [3.05, 3.63) is 29.3 Å². The van der Waals surface area contributed by atoms with Gasteiger partial charge in [-0.25, -0.2) is 4.98 Å². The standard InChI is InChI=1S/C20H30N4O3/c1-14-11-16(12-23-20(14)25-2)24-18-6-10-26-9-5-17(18)19(21)27-13-15-3-7-22-8-4-15/h11-12,15,22H,3-10,13,21H2,1-2H3. The highest BCUT2D eigenvalue weighted by Crippen LogP contribution is 2.24. The molecular weight excluding hydrogens is 344 g/mol. The SMILES string of the molecule is COc1ncc(N=C2CCOCCC2=C(N)OCC2CCNCC2)cc1C. The summed E-state index contributed by atoms with van der Waals surface area (Å²) in [4.78, 5) is 9.11. The molecule has 0 spiro atoms. The number of hydrogen-bond donors (Lipinski definition) is 2. The summed E-state index contributed by atoms with van der Waals surface area (Å²) in [5.41, 5.74) is 9.93. The molecule has 0 atom stereocenters. The Kier molecular flexibility index (Phi) is 7.06. The zero-order valence-corrected chi connectivity index (χ0v) is 16.3. The van der Waals surface area contributed by atoms with Crippen molar-refractivity contribution in [3.63, 3.8) is 0 Å². The molecule has 2 saturated heterocycles. The molecular formula is C20H30N4O3. The van der Waals surface area contributed by atoms with E-state index < -0.39 is 0 Å². The van der Waals surface area contributed by atoms with E-state index in [1.54, 1.807) is 13.3 Å². The highest BCUT2D eigenvalue weighted by Gasteiger charge is 2.19. The van der Waals surface area contributed by atoms with E-state index in [2.05, 4.69) is 10.3 Å². The van der Waals surface area contributed by atoms with Gasteiger partial charge in [0.2, 0.25) is 5.88 Å². The van der Waals surface area contributed by atoms with E-state index in [-0.39, 0.29) is 0 Å². The largest absolute Gasteiger partial charge is 0.481 e. The van der Waals surface area contributed by atoms with Crippen molar-refractivity contribution < 1.29 is 14.2 Å². The lowest BCUT2D eigenvalue weighted by molar-refractivity contribution is 0.137. The first-order chi connectivity index (χ1) is 13.2. The molecule has 3 rings (SSSR count). The number of piperidine rings is 1. The first-order valence-electron chi connectivity index (χ1n) is 9.66. The number of nitrogens with zero attached hydrogens (tertiary/aromatic N) is 2. The predicted octanol–water partition coefficient (Wildman–Crippen LogP) is 2.47. The third kappa shape index (κ3) is 5.43. The van der Waals surface area contributed by atoms with Crippen molar-refractivity contribution in [2.75, 3.05) is 40.0 Å². The van der Waals surface area contributed by atoms with Gasteiger partial charge in [-0.2, -0.15) is 0 Å². The van der Waals surface area contributed by atoms with E-state index in [9.17, 15) is 0 Å². The van der Waals surface area contributed by atoms with Crippen LogP contribution in [-0.2, 0) is 9.47 Å². The van der Waals surface area contributed by atoms with Gasteiger partial charge in [0.25, 0.3) is 0 Å². The van der Waals surface area contributed by atoms with Gasteiger partial charge in [0.05, 0.1) is 44.5 Å². The third-order valence-electron chi connectivity index (χ3n) is 5.03. The van der Waals surface area contributed by atoms with Crippen LogP contribution in [0.3, 0.4) is 0 Å². The summed E-state index contributed by atoms with van der Waals surface area (Å²) < 4.78 is 16.8. The molecule has 0 amide bonds. The molecule has 148 valence electrons. The van der Waals surface area contributed by atoms with Crippen LogP contribution >= 0.6 is 0 Å². The Hall–Kier alpha value is -2.12. The van der Waals surface area contributed by atoms with Crippen LogP contribution in [0.4, 0.5) is 5.69 Å². The van der Waals surface area contributed by atoms with Crippen LogP contribution in [0.1, 0.15) is 31.2 Å². The minimum atomic E-state index is 0.482. The Morgan fingerprint density at radius 1 is 1.33 bits per heavy atom. The molecule has 1 aromatic rings. The Morgan fingerprint density at radius 3 is 2.85 bits per heavy atom. The molecule has 2 fully saturated rings. The summed E-state index contributed by atoms with van der Waals surface area (Å²) in [6.45, 7) is 5.98. The summed E-state index contributed by atoms with van der Waals surface area (Å²) in [5, 5.41) is 3.37. The molecule has 1 aromatic heterocycles.